The molecule has 1 aliphatic rings. The zero-order chi connectivity index (χ0) is 23.3. The van der Waals surface area contributed by atoms with Gasteiger partial charge >= 0.3 is 0 Å². The molecule has 1 aliphatic heterocycles. The number of phenols is 1. The molecule has 7 nitrogen and oxygen atoms in total. The molecular formula is C24H22ClNO6S. The lowest BCUT2D eigenvalue weighted by Gasteiger charge is -2.40. The number of benzene rings is 3. The van der Waals surface area contributed by atoms with Crippen LogP contribution >= 0.6 is 23.4 Å². The minimum atomic E-state index is -1.47. The van der Waals surface area contributed by atoms with E-state index in [1.807, 2.05) is 30.3 Å². The second-order valence-corrected chi connectivity index (χ2v) is 9.63. The Morgan fingerprint density at radius 3 is 2.45 bits per heavy atom. The van der Waals surface area contributed by atoms with E-state index in [0.29, 0.717) is 5.02 Å². The summed E-state index contributed by atoms with van der Waals surface area (Å²) >= 11 is 7.77. The second kappa shape index (κ2) is 8.81. The topological polar surface area (TPSA) is 115 Å². The van der Waals surface area contributed by atoms with E-state index >= 15 is 0 Å². The minimum Gasteiger partial charge on any atom is -0.508 e. The van der Waals surface area contributed by atoms with Crippen LogP contribution in [0.3, 0.4) is 0 Å². The van der Waals surface area contributed by atoms with Crippen LogP contribution < -0.4 is 0 Å². The van der Waals surface area contributed by atoms with E-state index < -0.39 is 37.3 Å². The van der Waals surface area contributed by atoms with Crippen LogP contribution in [-0.2, 0) is 4.74 Å². The predicted molar refractivity (Wildman–Crippen MR) is 126 cm³/mol. The molecule has 1 aromatic heterocycles. The molecular weight excluding hydrogens is 466 g/mol. The fourth-order valence-corrected chi connectivity index (χ4v) is 5.39. The van der Waals surface area contributed by atoms with Crippen LogP contribution in [0.5, 0.6) is 5.75 Å². The standard InChI is InChI=1S/C24H22ClNO6S/c25-14-3-6-18-17(9-14)20(33-16-5-2-12-7-15(28)4-1-13(12)8-16)10-26(18)24-23(31)22(30)21(29)19(11-27)32-24/h1-10,19,21-24,27-31H,11H2/t19-,21-,22+,23-,24-/m1/s1. The largest absolute Gasteiger partial charge is 0.508 e. The maximum absolute atomic E-state index is 10.6. The Hall–Kier alpha value is -2.30. The van der Waals surface area contributed by atoms with Crippen molar-refractivity contribution in [1.29, 1.82) is 0 Å². The number of fused-ring (bicyclic) bond motifs is 2. The first kappa shape index (κ1) is 22.5. The van der Waals surface area contributed by atoms with Gasteiger partial charge in [-0.25, -0.2) is 0 Å². The van der Waals surface area contributed by atoms with Gasteiger partial charge in [-0.2, -0.15) is 0 Å². The maximum Gasteiger partial charge on any atom is 0.163 e. The zero-order valence-corrected chi connectivity index (χ0v) is 18.8. The lowest BCUT2D eigenvalue weighted by Crippen LogP contribution is -2.56. The fourth-order valence-electron chi connectivity index (χ4n) is 4.20. The number of hydrogen-bond donors (Lipinski definition) is 5. The third-order valence-corrected chi connectivity index (χ3v) is 7.19. The second-order valence-electron chi connectivity index (χ2n) is 8.08. The van der Waals surface area contributed by atoms with Crippen molar-refractivity contribution in [3.05, 3.63) is 65.8 Å². The van der Waals surface area contributed by atoms with Gasteiger partial charge in [0.05, 0.1) is 12.1 Å². The van der Waals surface area contributed by atoms with Crippen LogP contribution in [0.2, 0.25) is 5.02 Å². The van der Waals surface area contributed by atoms with Crippen molar-refractivity contribution in [2.45, 2.75) is 40.4 Å². The van der Waals surface area contributed by atoms with Crippen molar-refractivity contribution < 1.29 is 30.3 Å². The molecule has 5 N–H and O–H groups in total. The van der Waals surface area contributed by atoms with E-state index in [9.17, 15) is 25.5 Å². The molecule has 3 aromatic carbocycles. The maximum atomic E-state index is 10.6. The monoisotopic (exact) mass is 487 g/mol. The summed E-state index contributed by atoms with van der Waals surface area (Å²) in [5, 5.41) is 53.6. The van der Waals surface area contributed by atoms with E-state index in [4.69, 9.17) is 16.3 Å². The Morgan fingerprint density at radius 1 is 0.909 bits per heavy atom. The molecule has 172 valence electrons. The van der Waals surface area contributed by atoms with Gasteiger partial charge in [-0.3, -0.25) is 0 Å². The van der Waals surface area contributed by atoms with Crippen molar-refractivity contribution in [2.75, 3.05) is 6.61 Å². The van der Waals surface area contributed by atoms with Crippen LogP contribution in [-0.4, -0.2) is 61.1 Å². The molecule has 0 spiro atoms. The number of aliphatic hydroxyl groups excluding tert-OH is 4. The van der Waals surface area contributed by atoms with Crippen molar-refractivity contribution >= 4 is 45.0 Å². The molecule has 5 rings (SSSR count). The molecule has 4 aromatic rings. The van der Waals surface area contributed by atoms with Crippen LogP contribution in [0.4, 0.5) is 0 Å². The number of hydrogen-bond acceptors (Lipinski definition) is 7. The highest BCUT2D eigenvalue weighted by Crippen LogP contribution is 2.40. The van der Waals surface area contributed by atoms with E-state index in [2.05, 4.69) is 0 Å². The summed E-state index contributed by atoms with van der Waals surface area (Å²) in [5.41, 5.74) is 0.719. The van der Waals surface area contributed by atoms with Gasteiger partial charge in [-0.15, -0.1) is 0 Å². The summed E-state index contributed by atoms with van der Waals surface area (Å²) in [6.07, 6.45) is -4.52. The first-order valence-corrected chi connectivity index (χ1v) is 11.6. The average molecular weight is 488 g/mol. The number of ether oxygens (including phenoxy) is 1. The third-order valence-electron chi connectivity index (χ3n) is 5.92. The van der Waals surface area contributed by atoms with Crippen molar-refractivity contribution in [3.63, 3.8) is 0 Å². The highest BCUT2D eigenvalue weighted by Gasteiger charge is 2.44. The normalized spacial score (nSPS) is 25.7. The molecule has 2 heterocycles. The van der Waals surface area contributed by atoms with Crippen molar-refractivity contribution in [2.24, 2.45) is 0 Å². The number of aliphatic hydroxyl groups is 4. The first-order valence-electron chi connectivity index (χ1n) is 10.4. The summed E-state index contributed by atoms with van der Waals surface area (Å²) in [6.45, 7) is -0.499. The highest BCUT2D eigenvalue weighted by atomic mass is 35.5. The summed E-state index contributed by atoms with van der Waals surface area (Å²) in [6, 6.07) is 16.4. The van der Waals surface area contributed by atoms with Crippen LogP contribution in [0, 0.1) is 0 Å². The van der Waals surface area contributed by atoms with Gasteiger partial charge in [-0.1, -0.05) is 35.5 Å². The number of halogens is 1. The van der Waals surface area contributed by atoms with Gasteiger partial charge < -0.3 is 34.8 Å². The van der Waals surface area contributed by atoms with Gasteiger partial charge in [0.25, 0.3) is 0 Å². The SMILES string of the molecule is OC[C@H]1O[C@@H](n2cc(Sc3ccc4cc(O)ccc4c3)c3cc(Cl)ccc32)[C@H](O)[C@@H](O)[C@@H]1O. The van der Waals surface area contributed by atoms with Crippen LogP contribution in [0.25, 0.3) is 21.7 Å². The Labute approximate surface area is 198 Å². The Kier molecular flexibility index (Phi) is 6.00. The quantitative estimate of drug-likeness (QED) is 0.300. The number of rotatable bonds is 4. The lowest BCUT2D eigenvalue weighted by atomic mass is 9.98. The highest BCUT2D eigenvalue weighted by molar-refractivity contribution is 7.99. The first-order chi connectivity index (χ1) is 15.9. The number of aromatic nitrogens is 1. The predicted octanol–water partition coefficient (Wildman–Crippen LogP) is 3.28. The average Bonchev–Trinajstić information content (AvgIpc) is 3.15. The van der Waals surface area contributed by atoms with E-state index in [0.717, 1.165) is 31.5 Å². The lowest BCUT2D eigenvalue weighted by molar-refractivity contribution is -0.250. The van der Waals surface area contributed by atoms with Gasteiger partial charge in [0.1, 0.15) is 30.2 Å². The van der Waals surface area contributed by atoms with Gasteiger partial charge in [-0.05, 0) is 53.2 Å². The molecule has 0 aliphatic carbocycles. The molecule has 0 amide bonds. The zero-order valence-electron chi connectivity index (χ0n) is 17.2. The van der Waals surface area contributed by atoms with Gasteiger partial charge in [0.2, 0.25) is 0 Å². The van der Waals surface area contributed by atoms with Crippen LogP contribution in [0.1, 0.15) is 6.23 Å². The van der Waals surface area contributed by atoms with Crippen molar-refractivity contribution in [1.82, 2.24) is 4.57 Å². The Balaban J connectivity index is 1.57. The van der Waals surface area contributed by atoms with E-state index in [1.54, 1.807) is 35.0 Å². The molecule has 0 bridgehead atoms. The molecule has 9 heteroatoms. The number of aromatic hydroxyl groups is 1. The van der Waals surface area contributed by atoms with E-state index in [1.165, 1.54) is 11.8 Å². The van der Waals surface area contributed by atoms with E-state index in [-0.39, 0.29) is 5.75 Å². The van der Waals surface area contributed by atoms with Gasteiger partial charge in [0, 0.05) is 26.4 Å². The Morgan fingerprint density at radius 2 is 1.67 bits per heavy atom. The molecule has 33 heavy (non-hydrogen) atoms. The van der Waals surface area contributed by atoms with Crippen molar-refractivity contribution in [3.8, 4) is 5.75 Å². The summed E-state index contributed by atoms with van der Waals surface area (Å²) in [7, 11) is 0. The molecule has 1 fully saturated rings. The number of nitrogens with zero attached hydrogens (tertiary/aromatic N) is 1. The fraction of sp³-hybridized carbons (Fsp3) is 0.250. The van der Waals surface area contributed by atoms with Crippen LogP contribution in [0.15, 0.2) is 70.6 Å². The summed E-state index contributed by atoms with van der Waals surface area (Å²) < 4.78 is 7.46. The summed E-state index contributed by atoms with van der Waals surface area (Å²) in [4.78, 5) is 1.81. The number of phenolic OH excluding ortho intramolecular Hbond substituents is 1. The third kappa shape index (κ3) is 4.08. The summed E-state index contributed by atoms with van der Waals surface area (Å²) in [5.74, 6) is 0.208. The Bertz CT molecular complexity index is 1330. The molecule has 0 unspecified atom stereocenters. The van der Waals surface area contributed by atoms with Gasteiger partial charge in [0.15, 0.2) is 6.23 Å². The molecule has 5 atom stereocenters. The minimum absolute atomic E-state index is 0.208. The molecule has 0 saturated carbocycles. The molecule has 1 saturated heterocycles. The molecule has 0 radical (unpaired) electrons. The smallest absolute Gasteiger partial charge is 0.163 e.